The van der Waals surface area contributed by atoms with Crippen LogP contribution in [-0.2, 0) is 38.3 Å². The topological polar surface area (TPSA) is 267 Å². The number of carbonyl (C=O) groups excluding carboxylic acids is 9. The van der Waals surface area contributed by atoms with E-state index in [1.54, 1.807) is 41.5 Å². The number of carbonyl (C=O) groups is 9. The molecule has 2 heterocycles. The smallest absolute Gasteiger partial charge is 0.410 e. The summed E-state index contributed by atoms with van der Waals surface area (Å²) in [5.41, 5.74) is -0.888. The Morgan fingerprint density at radius 1 is 0.907 bits per heavy atom. The van der Waals surface area contributed by atoms with Crippen molar-refractivity contribution >= 4 is 53.2 Å². The van der Waals surface area contributed by atoms with E-state index in [4.69, 9.17) is 4.74 Å². The van der Waals surface area contributed by atoms with E-state index in [-0.39, 0.29) is 37.7 Å². The number of ether oxygens (including phenoxy) is 1. The first kappa shape index (κ1) is 44.5. The van der Waals surface area contributed by atoms with Gasteiger partial charge >= 0.3 is 6.09 Å². The van der Waals surface area contributed by atoms with Crippen molar-refractivity contribution in [2.24, 2.45) is 11.8 Å². The quantitative estimate of drug-likeness (QED) is 0.0931. The van der Waals surface area contributed by atoms with Crippen LogP contribution < -0.4 is 31.9 Å². The van der Waals surface area contributed by atoms with E-state index in [0.717, 1.165) is 0 Å². The van der Waals surface area contributed by atoms with E-state index in [0.29, 0.717) is 6.42 Å². The van der Waals surface area contributed by atoms with E-state index in [2.05, 4.69) is 41.9 Å². The molecule has 0 spiro atoms. The van der Waals surface area contributed by atoms with Crippen LogP contribution in [0.1, 0.15) is 64.9 Å². The third kappa shape index (κ3) is 14.4. The molecule has 2 rings (SSSR count). The molecule has 1 fully saturated rings. The first-order chi connectivity index (χ1) is 25.2. The van der Waals surface area contributed by atoms with Crippen molar-refractivity contribution in [3.05, 3.63) is 24.3 Å². The van der Waals surface area contributed by atoms with Crippen LogP contribution in [0.15, 0.2) is 18.6 Å². The zero-order valence-electron chi connectivity index (χ0n) is 31.9. The second-order valence-corrected chi connectivity index (χ2v) is 14.1. The molecule has 0 bridgehead atoms. The summed E-state index contributed by atoms with van der Waals surface area (Å²) in [6, 6.07) is -3.45. The first-order valence-electron chi connectivity index (χ1n) is 17.4. The molecule has 0 saturated carbocycles. The Hall–Kier alpha value is -5.69. The number of rotatable bonds is 17. The Bertz CT molecular complexity index is 1550. The van der Waals surface area contributed by atoms with Crippen LogP contribution in [0.5, 0.6) is 0 Å². The van der Waals surface area contributed by atoms with Crippen molar-refractivity contribution in [3.8, 4) is 0 Å². The van der Waals surface area contributed by atoms with Crippen molar-refractivity contribution in [1.29, 1.82) is 0 Å². The van der Waals surface area contributed by atoms with Gasteiger partial charge in [-0.3, -0.25) is 43.3 Å². The van der Waals surface area contributed by atoms with Gasteiger partial charge in [0.15, 0.2) is 0 Å². The van der Waals surface area contributed by atoms with Gasteiger partial charge in [0.25, 0.3) is 11.8 Å². The molecule has 1 aromatic heterocycles. The number of Topliss-reactive ketones (excluding diaryl/α,β-unsaturated/α-hetero) is 1. The van der Waals surface area contributed by atoms with Crippen LogP contribution >= 0.6 is 0 Å². The fraction of sp³-hybridized carbons (Fsp3) is 0.618. The first-order valence-corrected chi connectivity index (χ1v) is 17.4. The van der Waals surface area contributed by atoms with E-state index in [9.17, 15) is 43.2 Å². The average Bonchev–Trinajstić information content (AvgIpc) is 3.53. The third-order valence-corrected chi connectivity index (χ3v) is 7.89. The highest BCUT2D eigenvalue weighted by Crippen LogP contribution is 2.22. The lowest BCUT2D eigenvalue weighted by atomic mass is 9.98. The van der Waals surface area contributed by atoms with Crippen LogP contribution in [0, 0.1) is 11.8 Å². The van der Waals surface area contributed by atoms with Crippen LogP contribution in [0.25, 0.3) is 0 Å². The second kappa shape index (κ2) is 20.5. The van der Waals surface area contributed by atoms with E-state index < -0.39 is 96.0 Å². The molecule has 0 aliphatic carbocycles. The number of amides is 8. The molecule has 1 aliphatic rings. The zero-order chi connectivity index (χ0) is 40.7. The lowest BCUT2D eigenvalue weighted by Crippen LogP contribution is -2.57. The highest BCUT2D eigenvalue weighted by molar-refractivity contribution is 6.38. The Morgan fingerprint density at radius 2 is 1.57 bits per heavy atom. The van der Waals surface area contributed by atoms with Crippen molar-refractivity contribution < 1.29 is 47.9 Å². The molecule has 6 N–H and O–H groups in total. The second-order valence-electron chi connectivity index (χ2n) is 14.1. The Balaban J connectivity index is 2.17. The maximum Gasteiger partial charge on any atom is 0.410 e. The SMILES string of the molecule is CCC[C@H](NC(=O)[C@@H]1CN(C(=O)OC(C)(C)C)C[C@@H]1NC(=O)C(NC(=O)CNC(=O)c1cnccn1)C(C)C)C(=O)C(=O)NCC(=O)NCC(=O)N(C)C. The summed E-state index contributed by atoms with van der Waals surface area (Å²) in [6.45, 7) is 8.30. The summed E-state index contributed by atoms with van der Waals surface area (Å²) >= 11 is 0. The van der Waals surface area contributed by atoms with Gasteiger partial charge in [-0.15, -0.1) is 0 Å². The normalized spacial score (nSPS) is 16.3. The van der Waals surface area contributed by atoms with Crippen molar-refractivity contribution in [2.45, 2.75) is 78.1 Å². The molecular formula is C34H52N10O10. The van der Waals surface area contributed by atoms with Gasteiger partial charge < -0.3 is 46.4 Å². The predicted molar refractivity (Wildman–Crippen MR) is 191 cm³/mol. The van der Waals surface area contributed by atoms with Gasteiger partial charge in [-0.2, -0.15) is 0 Å². The number of likely N-dealkylation sites (N-methyl/N-ethyl adjacent to an activating group) is 1. The molecule has 1 aromatic rings. The zero-order valence-corrected chi connectivity index (χ0v) is 31.9. The molecule has 298 valence electrons. The van der Waals surface area contributed by atoms with Crippen molar-refractivity contribution in [2.75, 3.05) is 46.8 Å². The summed E-state index contributed by atoms with van der Waals surface area (Å²) in [4.78, 5) is 125. The minimum Gasteiger partial charge on any atom is -0.444 e. The summed E-state index contributed by atoms with van der Waals surface area (Å²) in [5.74, 6) is -7.60. The summed E-state index contributed by atoms with van der Waals surface area (Å²) in [5, 5.41) is 14.8. The molecule has 0 radical (unpaired) electrons. The van der Waals surface area contributed by atoms with Gasteiger partial charge in [-0.1, -0.05) is 27.2 Å². The highest BCUT2D eigenvalue weighted by Gasteiger charge is 2.44. The standard InChI is InChI=1S/C34H52N10O10/c1-9-10-21(28(48)32(52)39-14-24(45)37-16-26(47)43(7)8)40-29(49)20-17-44(33(53)54-34(4,5)6)18-23(20)41-31(51)27(19(2)3)42-25(46)15-38-30(50)22-13-35-11-12-36-22/h11-13,19-21,23,27H,9-10,14-18H2,1-8H3,(H,37,45)(H,38,50)(H,39,52)(H,40,49)(H,41,51)(H,42,46)/t20-,21+,23+,27?/m1/s1. The molecule has 0 aromatic carbocycles. The van der Waals surface area contributed by atoms with Gasteiger partial charge in [0.2, 0.25) is 35.3 Å². The minimum absolute atomic E-state index is 0.00986. The maximum absolute atomic E-state index is 13.8. The fourth-order valence-electron chi connectivity index (χ4n) is 5.03. The molecule has 54 heavy (non-hydrogen) atoms. The number of nitrogens with one attached hydrogen (secondary N) is 6. The number of ketones is 1. The lowest BCUT2D eigenvalue weighted by Gasteiger charge is -2.26. The van der Waals surface area contributed by atoms with E-state index >= 15 is 0 Å². The lowest BCUT2D eigenvalue weighted by molar-refractivity contribution is -0.141. The summed E-state index contributed by atoms with van der Waals surface area (Å²) in [6.07, 6.45) is 3.60. The van der Waals surface area contributed by atoms with Crippen LogP contribution in [0.3, 0.4) is 0 Å². The number of hydrogen-bond acceptors (Lipinski definition) is 12. The van der Waals surface area contributed by atoms with Crippen LogP contribution in [0.2, 0.25) is 0 Å². The van der Waals surface area contributed by atoms with Crippen LogP contribution in [-0.4, -0.2) is 144 Å². The Morgan fingerprint density at radius 3 is 2.15 bits per heavy atom. The predicted octanol–water partition coefficient (Wildman–Crippen LogP) is -2.13. The molecule has 20 heteroatoms. The summed E-state index contributed by atoms with van der Waals surface area (Å²) in [7, 11) is 3.01. The van der Waals surface area contributed by atoms with E-state index in [1.165, 1.54) is 42.5 Å². The van der Waals surface area contributed by atoms with Crippen LogP contribution in [0.4, 0.5) is 4.79 Å². The molecule has 4 atom stereocenters. The molecular weight excluding hydrogens is 708 g/mol. The Kier molecular flexibility index (Phi) is 16.9. The van der Waals surface area contributed by atoms with Gasteiger partial charge in [-0.05, 0) is 33.1 Å². The van der Waals surface area contributed by atoms with E-state index in [1.807, 2.05) is 0 Å². The number of nitrogens with zero attached hydrogens (tertiary/aromatic N) is 4. The van der Waals surface area contributed by atoms with Crippen molar-refractivity contribution in [3.63, 3.8) is 0 Å². The maximum atomic E-state index is 13.8. The number of likely N-dealkylation sites (tertiary alicyclic amines) is 1. The van der Waals surface area contributed by atoms with Gasteiger partial charge in [-0.25, -0.2) is 9.78 Å². The van der Waals surface area contributed by atoms with Gasteiger partial charge in [0.05, 0.1) is 43.8 Å². The number of hydrogen-bond donors (Lipinski definition) is 6. The highest BCUT2D eigenvalue weighted by atomic mass is 16.6. The van der Waals surface area contributed by atoms with Gasteiger partial charge in [0, 0.05) is 39.6 Å². The third-order valence-electron chi connectivity index (χ3n) is 7.89. The molecule has 20 nitrogen and oxygen atoms in total. The summed E-state index contributed by atoms with van der Waals surface area (Å²) < 4.78 is 5.48. The fourth-order valence-corrected chi connectivity index (χ4v) is 5.03. The Labute approximate surface area is 313 Å². The molecule has 1 unspecified atom stereocenters. The largest absolute Gasteiger partial charge is 0.444 e. The molecule has 1 aliphatic heterocycles. The van der Waals surface area contributed by atoms with Crippen molar-refractivity contribution in [1.82, 2.24) is 51.7 Å². The van der Waals surface area contributed by atoms with Gasteiger partial charge in [0.1, 0.15) is 17.3 Å². The monoisotopic (exact) mass is 760 g/mol. The average molecular weight is 761 g/mol. The number of aromatic nitrogens is 2. The molecule has 8 amide bonds. The molecule has 1 saturated heterocycles. The minimum atomic E-state index is -1.31.